The molecule has 0 bridgehead atoms. The molecule has 0 fully saturated rings. The Morgan fingerprint density at radius 1 is 1.11 bits per heavy atom. The molecule has 0 heterocycles. The molecular weight excluding hydrogens is 229 g/mol. The first-order valence-electron chi connectivity index (χ1n) is 6.42. The zero-order valence-corrected chi connectivity index (χ0v) is 11.9. The Labute approximate surface area is 110 Å². The fourth-order valence-corrected chi connectivity index (χ4v) is 1.90. The summed E-state index contributed by atoms with van der Waals surface area (Å²) in [6.07, 6.45) is 0.932. The molecule has 1 rings (SSSR count). The lowest BCUT2D eigenvalue weighted by molar-refractivity contribution is 0.0881. The maximum atomic E-state index is 12.8. The van der Waals surface area contributed by atoms with Crippen LogP contribution in [0.25, 0.3) is 0 Å². The molecule has 2 nitrogen and oxygen atoms in total. The van der Waals surface area contributed by atoms with Gasteiger partial charge in [0.15, 0.2) is 0 Å². The van der Waals surface area contributed by atoms with E-state index in [9.17, 15) is 4.39 Å². The largest absolute Gasteiger partial charge is 0.383 e. The summed E-state index contributed by atoms with van der Waals surface area (Å²) < 4.78 is 18.0. The van der Waals surface area contributed by atoms with Gasteiger partial charge in [-0.25, -0.2) is 4.39 Å². The third kappa shape index (κ3) is 5.15. The Hall–Kier alpha value is -0.930. The van der Waals surface area contributed by atoms with Crippen LogP contribution in [0.1, 0.15) is 26.3 Å². The van der Waals surface area contributed by atoms with Crippen molar-refractivity contribution in [2.24, 2.45) is 0 Å². The fraction of sp³-hybridized carbons (Fsp3) is 0.600. The molecule has 18 heavy (non-hydrogen) atoms. The van der Waals surface area contributed by atoms with Crippen molar-refractivity contribution < 1.29 is 9.13 Å². The monoisotopic (exact) mass is 253 g/mol. The van der Waals surface area contributed by atoms with E-state index in [1.807, 2.05) is 12.1 Å². The summed E-state index contributed by atoms with van der Waals surface area (Å²) >= 11 is 0. The van der Waals surface area contributed by atoms with E-state index in [1.165, 1.54) is 17.7 Å². The zero-order valence-electron chi connectivity index (χ0n) is 11.9. The van der Waals surface area contributed by atoms with Crippen LogP contribution in [0.15, 0.2) is 24.3 Å². The molecule has 0 saturated carbocycles. The van der Waals surface area contributed by atoms with Crippen LogP contribution in [0.3, 0.4) is 0 Å². The van der Waals surface area contributed by atoms with E-state index in [4.69, 9.17) is 4.74 Å². The minimum Gasteiger partial charge on any atom is -0.383 e. The minimum atomic E-state index is -0.175. The number of methoxy groups -OCH3 is 1. The maximum Gasteiger partial charge on any atom is 0.123 e. The zero-order chi connectivity index (χ0) is 13.6. The van der Waals surface area contributed by atoms with Gasteiger partial charge in [-0.3, -0.25) is 4.90 Å². The van der Waals surface area contributed by atoms with Crippen LogP contribution < -0.4 is 0 Å². The van der Waals surface area contributed by atoms with Gasteiger partial charge in [0, 0.05) is 25.7 Å². The van der Waals surface area contributed by atoms with Crippen molar-refractivity contribution in [3.63, 3.8) is 0 Å². The number of halogens is 1. The van der Waals surface area contributed by atoms with Gasteiger partial charge in [-0.1, -0.05) is 12.1 Å². The van der Waals surface area contributed by atoms with Gasteiger partial charge in [-0.2, -0.15) is 0 Å². The highest BCUT2D eigenvalue weighted by Crippen LogP contribution is 2.14. The normalized spacial score (nSPS) is 12.1. The molecule has 0 aliphatic rings. The van der Waals surface area contributed by atoms with Crippen LogP contribution in [-0.2, 0) is 11.2 Å². The highest BCUT2D eigenvalue weighted by Gasteiger charge is 2.20. The van der Waals surface area contributed by atoms with Gasteiger partial charge in [0.2, 0.25) is 0 Å². The van der Waals surface area contributed by atoms with Gasteiger partial charge in [0.1, 0.15) is 5.82 Å². The molecule has 0 atom stereocenters. The van der Waals surface area contributed by atoms with Crippen LogP contribution in [0.5, 0.6) is 0 Å². The number of benzene rings is 1. The van der Waals surface area contributed by atoms with Gasteiger partial charge in [0.05, 0.1) is 6.61 Å². The average Bonchev–Trinajstić information content (AvgIpc) is 2.30. The summed E-state index contributed by atoms with van der Waals surface area (Å²) in [5, 5.41) is 0. The van der Waals surface area contributed by atoms with Crippen molar-refractivity contribution in [3.05, 3.63) is 35.6 Å². The second-order valence-electron chi connectivity index (χ2n) is 5.53. The molecule has 0 aromatic heterocycles. The summed E-state index contributed by atoms with van der Waals surface area (Å²) in [6.45, 7) is 9.22. The predicted octanol–water partition coefficient (Wildman–Crippen LogP) is 3.12. The van der Waals surface area contributed by atoms with E-state index < -0.39 is 0 Å². The highest BCUT2D eigenvalue weighted by molar-refractivity contribution is 5.16. The van der Waals surface area contributed by atoms with E-state index in [0.717, 1.165) is 26.1 Å². The molecule has 0 aliphatic heterocycles. The van der Waals surface area contributed by atoms with E-state index in [1.54, 1.807) is 7.11 Å². The van der Waals surface area contributed by atoms with Crippen molar-refractivity contribution in [2.75, 3.05) is 26.8 Å². The molecular formula is C15H24FNO. The molecule has 0 N–H and O–H groups in total. The molecule has 102 valence electrons. The highest BCUT2D eigenvalue weighted by atomic mass is 19.1. The Kier molecular flexibility index (Phi) is 5.76. The first-order valence-corrected chi connectivity index (χ1v) is 6.42. The first kappa shape index (κ1) is 15.1. The Bertz CT molecular complexity index is 343. The van der Waals surface area contributed by atoms with Crippen LogP contribution in [0.2, 0.25) is 0 Å². The lowest BCUT2D eigenvalue weighted by Crippen LogP contribution is -2.44. The van der Waals surface area contributed by atoms with Gasteiger partial charge in [-0.15, -0.1) is 0 Å². The van der Waals surface area contributed by atoms with E-state index >= 15 is 0 Å². The van der Waals surface area contributed by atoms with Crippen LogP contribution in [0, 0.1) is 5.82 Å². The van der Waals surface area contributed by atoms with Crippen LogP contribution in [-0.4, -0.2) is 37.2 Å². The van der Waals surface area contributed by atoms with E-state index in [-0.39, 0.29) is 11.4 Å². The van der Waals surface area contributed by atoms with Crippen molar-refractivity contribution in [1.29, 1.82) is 0 Å². The van der Waals surface area contributed by atoms with Crippen molar-refractivity contribution in [3.8, 4) is 0 Å². The molecule has 1 aromatic carbocycles. The first-order chi connectivity index (χ1) is 8.43. The number of nitrogens with zero attached hydrogens (tertiary/aromatic N) is 1. The SMILES string of the molecule is COCCN(CCc1ccc(F)cc1)C(C)(C)C. The smallest absolute Gasteiger partial charge is 0.123 e. The average molecular weight is 253 g/mol. The number of hydrogen-bond donors (Lipinski definition) is 0. The minimum absolute atomic E-state index is 0.124. The van der Waals surface area contributed by atoms with E-state index in [2.05, 4.69) is 25.7 Å². The number of ether oxygens (including phenoxy) is 1. The molecule has 0 radical (unpaired) electrons. The molecule has 0 unspecified atom stereocenters. The summed E-state index contributed by atoms with van der Waals surface area (Å²) in [6, 6.07) is 6.75. The van der Waals surface area contributed by atoms with Crippen LogP contribution >= 0.6 is 0 Å². The summed E-state index contributed by atoms with van der Waals surface area (Å²) in [5.41, 5.74) is 1.29. The van der Waals surface area contributed by atoms with Crippen molar-refractivity contribution >= 4 is 0 Å². The number of hydrogen-bond acceptors (Lipinski definition) is 2. The quantitative estimate of drug-likeness (QED) is 0.772. The van der Waals surface area contributed by atoms with Gasteiger partial charge >= 0.3 is 0 Å². The Morgan fingerprint density at radius 2 is 1.72 bits per heavy atom. The standard InChI is InChI=1S/C15H24FNO/c1-15(2,3)17(11-12-18-4)10-9-13-5-7-14(16)8-6-13/h5-8H,9-12H2,1-4H3. The van der Waals surface area contributed by atoms with Crippen molar-refractivity contribution in [2.45, 2.75) is 32.7 Å². The maximum absolute atomic E-state index is 12.8. The number of rotatable bonds is 6. The predicted molar refractivity (Wildman–Crippen MR) is 73.3 cm³/mol. The third-order valence-electron chi connectivity index (χ3n) is 3.10. The Balaban J connectivity index is 2.53. The molecule has 0 saturated heterocycles. The summed E-state index contributed by atoms with van der Waals surface area (Å²) in [5.74, 6) is -0.175. The second kappa shape index (κ2) is 6.86. The Morgan fingerprint density at radius 3 is 2.22 bits per heavy atom. The molecule has 0 amide bonds. The summed E-state index contributed by atoms with van der Waals surface area (Å²) in [4.78, 5) is 2.39. The summed E-state index contributed by atoms with van der Waals surface area (Å²) in [7, 11) is 1.72. The lowest BCUT2D eigenvalue weighted by Gasteiger charge is -2.35. The van der Waals surface area contributed by atoms with E-state index in [0.29, 0.717) is 0 Å². The van der Waals surface area contributed by atoms with Crippen molar-refractivity contribution in [1.82, 2.24) is 4.90 Å². The van der Waals surface area contributed by atoms with Gasteiger partial charge in [-0.05, 0) is 44.9 Å². The van der Waals surface area contributed by atoms with Crippen LogP contribution in [0.4, 0.5) is 4.39 Å². The molecule has 0 aliphatic carbocycles. The molecule has 3 heteroatoms. The molecule has 1 aromatic rings. The fourth-order valence-electron chi connectivity index (χ4n) is 1.90. The van der Waals surface area contributed by atoms with Gasteiger partial charge < -0.3 is 4.74 Å². The lowest BCUT2D eigenvalue weighted by atomic mass is 10.0. The third-order valence-corrected chi connectivity index (χ3v) is 3.10. The van der Waals surface area contributed by atoms with Gasteiger partial charge in [0.25, 0.3) is 0 Å². The molecule has 0 spiro atoms. The second-order valence-corrected chi connectivity index (χ2v) is 5.53. The topological polar surface area (TPSA) is 12.5 Å².